The minimum atomic E-state index is -4.39. The number of rotatable bonds is 11. The molecule has 0 saturated heterocycles. The first-order chi connectivity index (χ1) is 13.4. The van der Waals surface area contributed by atoms with Crippen molar-refractivity contribution in [1.29, 1.82) is 0 Å². The van der Waals surface area contributed by atoms with Crippen LogP contribution in [-0.2, 0) is 12.7 Å². The molecule has 2 aromatic rings. The smallest absolute Gasteiger partial charge is 0.396 e. The number of aliphatic hydroxyl groups excluding tert-OH is 1. The van der Waals surface area contributed by atoms with Crippen molar-refractivity contribution in [3.63, 3.8) is 0 Å². The molecule has 0 bridgehead atoms. The molecule has 0 aliphatic heterocycles. The maximum atomic E-state index is 12.8. The van der Waals surface area contributed by atoms with Gasteiger partial charge in [0.15, 0.2) is 0 Å². The molecule has 10 heteroatoms. The summed E-state index contributed by atoms with van der Waals surface area (Å²) in [7, 11) is 0. The van der Waals surface area contributed by atoms with Crippen LogP contribution in [0.1, 0.15) is 37.3 Å². The molecule has 1 aromatic carbocycles. The van der Waals surface area contributed by atoms with Crippen LogP contribution in [0.4, 0.5) is 31.0 Å². The van der Waals surface area contributed by atoms with E-state index in [1.165, 1.54) is 6.07 Å². The first kappa shape index (κ1) is 21.7. The molecule has 0 unspecified atom stereocenters. The minimum absolute atomic E-state index is 0.0420. The van der Waals surface area contributed by atoms with Gasteiger partial charge in [0.1, 0.15) is 0 Å². The summed E-state index contributed by atoms with van der Waals surface area (Å²) in [6.07, 6.45) is -1.88. The fourth-order valence-corrected chi connectivity index (χ4v) is 2.31. The van der Waals surface area contributed by atoms with Crippen LogP contribution < -0.4 is 16.0 Å². The van der Waals surface area contributed by atoms with Gasteiger partial charge < -0.3 is 21.1 Å². The Hall–Kier alpha value is -2.62. The number of aromatic nitrogens is 3. The quantitative estimate of drug-likeness (QED) is 0.430. The Bertz CT molecular complexity index is 713. The van der Waals surface area contributed by atoms with Gasteiger partial charge in [0.25, 0.3) is 0 Å². The van der Waals surface area contributed by atoms with Gasteiger partial charge in [-0.2, -0.15) is 28.1 Å². The van der Waals surface area contributed by atoms with Crippen molar-refractivity contribution >= 4 is 17.8 Å². The largest absolute Gasteiger partial charge is 0.416 e. The van der Waals surface area contributed by atoms with Crippen LogP contribution in [0.2, 0.25) is 0 Å². The second kappa shape index (κ2) is 10.6. The Kier molecular flexibility index (Phi) is 8.24. The predicted molar refractivity (Wildman–Crippen MR) is 102 cm³/mol. The third-order valence-electron chi connectivity index (χ3n) is 3.77. The van der Waals surface area contributed by atoms with Crippen LogP contribution in [-0.4, -0.2) is 39.8 Å². The van der Waals surface area contributed by atoms with E-state index in [4.69, 9.17) is 5.11 Å². The van der Waals surface area contributed by atoms with Crippen molar-refractivity contribution < 1.29 is 18.3 Å². The number of benzene rings is 1. The van der Waals surface area contributed by atoms with Gasteiger partial charge in [0, 0.05) is 26.2 Å². The normalized spacial score (nSPS) is 11.3. The highest BCUT2D eigenvalue weighted by molar-refractivity contribution is 5.42. The lowest BCUT2D eigenvalue weighted by Gasteiger charge is -2.12. The van der Waals surface area contributed by atoms with Crippen molar-refractivity contribution in [2.75, 3.05) is 35.6 Å². The van der Waals surface area contributed by atoms with Crippen LogP contribution in [0.5, 0.6) is 0 Å². The molecular formula is C18H25F3N6O. The van der Waals surface area contributed by atoms with E-state index >= 15 is 0 Å². The summed E-state index contributed by atoms with van der Waals surface area (Å²) >= 11 is 0. The van der Waals surface area contributed by atoms with Gasteiger partial charge in [-0.3, -0.25) is 0 Å². The molecule has 0 spiro atoms. The van der Waals surface area contributed by atoms with Gasteiger partial charge >= 0.3 is 6.18 Å². The summed E-state index contributed by atoms with van der Waals surface area (Å²) in [6.45, 7) is 3.43. The molecule has 28 heavy (non-hydrogen) atoms. The summed E-state index contributed by atoms with van der Waals surface area (Å²) in [6, 6.07) is 5.09. The van der Waals surface area contributed by atoms with Crippen molar-refractivity contribution in [2.24, 2.45) is 0 Å². The standard InChI is InChI=1S/C18H25F3N6O/c1-2-3-8-22-15-25-16(23-9-5-10-28)27-17(26-15)24-12-13-6-4-7-14(11-13)18(19,20)21/h4,6-7,11,28H,2-3,5,8-10,12H2,1H3,(H3,22,23,24,25,26,27). The van der Waals surface area contributed by atoms with Gasteiger partial charge in [0.2, 0.25) is 17.8 Å². The minimum Gasteiger partial charge on any atom is -0.396 e. The van der Waals surface area contributed by atoms with Crippen molar-refractivity contribution in [2.45, 2.75) is 38.9 Å². The summed E-state index contributed by atoms with van der Waals surface area (Å²) in [4.78, 5) is 12.8. The second-order valence-electron chi connectivity index (χ2n) is 6.14. The topological polar surface area (TPSA) is 95.0 Å². The highest BCUT2D eigenvalue weighted by Crippen LogP contribution is 2.29. The highest BCUT2D eigenvalue weighted by Gasteiger charge is 2.30. The lowest BCUT2D eigenvalue weighted by molar-refractivity contribution is -0.137. The van der Waals surface area contributed by atoms with E-state index in [1.54, 1.807) is 6.07 Å². The Morgan fingerprint density at radius 1 is 0.929 bits per heavy atom. The number of nitrogens with one attached hydrogen (secondary N) is 3. The van der Waals surface area contributed by atoms with Crippen molar-refractivity contribution in [3.05, 3.63) is 35.4 Å². The Balaban J connectivity index is 2.09. The zero-order chi connectivity index (χ0) is 20.4. The average Bonchev–Trinajstić information content (AvgIpc) is 2.66. The van der Waals surface area contributed by atoms with Crippen LogP contribution in [0.25, 0.3) is 0 Å². The number of nitrogens with zero attached hydrogens (tertiary/aromatic N) is 3. The molecule has 0 atom stereocenters. The Labute approximate surface area is 161 Å². The van der Waals surface area contributed by atoms with E-state index < -0.39 is 11.7 Å². The van der Waals surface area contributed by atoms with E-state index in [1.807, 2.05) is 0 Å². The van der Waals surface area contributed by atoms with Crippen molar-refractivity contribution in [3.8, 4) is 0 Å². The zero-order valence-corrected chi connectivity index (χ0v) is 15.7. The van der Waals surface area contributed by atoms with Gasteiger partial charge in [-0.1, -0.05) is 25.5 Å². The van der Waals surface area contributed by atoms with Gasteiger partial charge in [-0.15, -0.1) is 0 Å². The lowest BCUT2D eigenvalue weighted by Crippen LogP contribution is -2.14. The van der Waals surface area contributed by atoms with Gasteiger partial charge in [-0.25, -0.2) is 0 Å². The first-order valence-electron chi connectivity index (χ1n) is 9.17. The maximum Gasteiger partial charge on any atom is 0.416 e. The summed E-state index contributed by atoms with van der Waals surface area (Å²) in [5, 5.41) is 17.9. The Morgan fingerprint density at radius 2 is 1.54 bits per heavy atom. The van der Waals surface area contributed by atoms with E-state index in [0.29, 0.717) is 37.0 Å². The highest BCUT2D eigenvalue weighted by atomic mass is 19.4. The molecule has 4 N–H and O–H groups in total. The van der Waals surface area contributed by atoms with Crippen LogP contribution in [0.3, 0.4) is 0 Å². The summed E-state index contributed by atoms with van der Waals surface area (Å²) in [5.41, 5.74) is -0.235. The Morgan fingerprint density at radius 3 is 2.11 bits per heavy atom. The maximum absolute atomic E-state index is 12.8. The molecule has 7 nitrogen and oxygen atoms in total. The van der Waals surface area contributed by atoms with E-state index in [2.05, 4.69) is 37.8 Å². The fraction of sp³-hybridized carbons (Fsp3) is 0.500. The third kappa shape index (κ3) is 7.18. The third-order valence-corrected chi connectivity index (χ3v) is 3.77. The number of anilines is 3. The molecule has 1 aromatic heterocycles. The van der Waals surface area contributed by atoms with E-state index in [9.17, 15) is 13.2 Å². The number of hydrogen-bond donors (Lipinski definition) is 4. The van der Waals surface area contributed by atoms with E-state index in [0.717, 1.165) is 25.0 Å². The van der Waals surface area contributed by atoms with Crippen molar-refractivity contribution in [1.82, 2.24) is 15.0 Å². The zero-order valence-electron chi connectivity index (χ0n) is 15.7. The molecule has 0 fully saturated rings. The first-order valence-corrected chi connectivity index (χ1v) is 9.17. The van der Waals surface area contributed by atoms with Crippen LogP contribution in [0.15, 0.2) is 24.3 Å². The lowest BCUT2D eigenvalue weighted by atomic mass is 10.1. The molecule has 0 aliphatic carbocycles. The molecule has 154 valence electrons. The molecule has 1 heterocycles. The molecular weight excluding hydrogens is 373 g/mol. The molecule has 0 aliphatic rings. The second-order valence-corrected chi connectivity index (χ2v) is 6.14. The van der Waals surface area contributed by atoms with E-state index in [-0.39, 0.29) is 19.1 Å². The number of hydrogen-bond acceptors (Lipinski definition) is 7. The molecule has 0 amide bonds. The monoisotopic (exact) mass is 398 g/mol. The number of aliphatic hydroxyl groups is 1. The van der Waals surface area contributed by atoms with Crippen LogP contribution >= 0.6 is 0 Å². The molecule has 2 rings (SSSR count). The van der Waals surface area contributed by atoms with Gasteiger partial charge in [0.05, 0.1) is 5.56 Å². The molecule has 0 radical (unpaired) electrons. The average molecular weight is 398 g/mol. The number of halogens is 3. The SMILES string of the molecule is CCCCNc1nc(NCCCO)nc(NCc2cccc(C(F)(F)F)c2)n1. The predicted octanol–water partition coefficient (Wildman–Crippen LogP) is 3.51. The van der Waals surface area contributed by atoms with Gasteiger partial charge in [-0.05, 0) is 30.5 Å². The van der Waals surface area contributed by atoms with Crippen LogP contribution in [0, 0.1) is 0 Å². The fourth-order valence-electron chi connectivity index (χ4n) is 2.31. The summed E-state index contributed by atoms with van der Waals surface area (Å²) < 4.78 is 38.5. The molecule has 0 saturated carbocycles. The summed E-state index contributed by atoms with van der Waals surface area (Å²) in [5.74, 6) is 0.952. The number of alkyl halides is 3. The number of unbranched alkanes of at least 4 members (excludes halogenated alkanes) is 1.